The first-order chi connectivity index (χ1) is 13.5. The fourth-order valence-corrected chi connectivity index (χ4v) is 4.28. The minimum atomic E-state index is -1.07. The summed E-state index contributed by atoms with van der Waals surface area (Å²) in [5.74, 6) is -0.965. The van der Waals surface area contributed by atoms with Gasteiger partial charge in [-0.25, -0.2) is 9.78 Å². The molecule has 1 atom stereocenters. The predicted octanol–water partition coefficient (Wildman–Crippen LogP) is 5.29. The zero-order valence-electron chi connectivity index (χ0n) is 14.8. The lowest BCUT2D eigenvalue weighted by Gasteiger charge is -2.31. The number of nitrogens with zero attached hydrogens (tertiary/aromatic N) is 2. The third-order valence-corrected chi connectivity index (χ3v) is 5.85. The topological polar surface area (TPSA) is 70.5 Å². The van der Waals surface area contributed by atoms with Gasteiger partial charge in [-0.2, -0.15) is 0 Å². The molecule has 142 valence electrons. The van der Waals surface area contributed by atoms with Crippen LogP contribution in [0.5, 0.6) is 0 Å². The quantitative estimate of drug-likeness (QED) is 0.596. The largest absolute Gasteiger partial charge is 0.476 e. The van der Waals surface area contributed by atoms with Crippen LogP contribution in [0.25, 0.3) is 0 Å². The van der Waals surface area contributed by atoms with Crippen molar-refractivity contribution in [1.29, 1.82) is 0 Å². The highest BCUT2D eigenvalue weighted by Crippen LogP contribution is 2.47. The zero-order valence-corrected chi connectivity index (χ0v) is 16.4. The van der Waals surface area contributed by atoms with Crippen molar-refractivity contribution >= 4 is 40.5 Å². The zero-order chi connectivity index (χ0) is 19.7. The fourth-order valence-electron chi connectivity index (χ4n) is 3.18. The van der Waals surface area contributed by atoms with Crippen molar-refractivity contribution in [3.8, 4) is 0 Å². The Morgan fingerprint density at radius 3 is 2.36 bits per heavy atom. The number of aromatic carboxylic acids is 1. The van der Waals surface area contributed by atoms with Crippen LogP contribution in [0.4, 0.5) is 5.69 Å². The second-order valence-electron chi connectivity index (χ2n) is 6.68. The van der Waals surface area contributed by atoms with Gasteiger partial charge in [-0.3, -0.25) is 9.69 Å². The standard InChI is InChI=1S/C21H17ClN2O3S/c22-15-8-10-16(11-9-15)24(20(25)14-4-2-1-3-5-14)18(13-6-7-13)19-23-17(12-28-19)21(26)27/h1-5,8-13,18H,6-7H2,(H,26,27). The van der Waals surface area contributed by atoms with Gasteiger partial charge in [-0.05, 0) is 55.2 Å². The monoisotopic (exact) mass is 412 g/mol. The molecule has 1 aliphatic rings. The summed E-state index contributed by atoms with van der Waals surface area (Å²) in [5, 5.41) is 12.0. The third kappa shape index (κ3) is 3.79. The number of hydrogen-bond donors (Lipinski definition) is 1. The first-order valence-corrected chi connectivity index (χ1v) is 10.1. The number of rotatable bonds is 6. The van der Waals surface area contributed by atoms with E-state index in [2.05, 4.69) is 4.98 Å². The molecule has 1 amide bonds. The van der Waals surface area contributed by atoms with E-state index in [0.29, 0.717) is 21.3 Å². The molecule has 1 aliphatic carbocycles. The number of carbonyl (C=O) groups is 2. The molecule has 1 aromatic heterocycles. The van der Waals surface area contributed by atoms with Crippen molar-refractivity contribution in [1.82, 2.24) is 4.98 Å². The van der Waals surface area contributed by atoms with Crippen molar-refractivity contribution in [2.24, 2.45) is 5.92 Å². The van der Waals surface area contributed by atoms with E-state index in [-0.39, 0.29) is 23.6 Å². The molecule has 7 heteroatoms. The average molecular weight is 413 g/mol. The number of carboxylic acids is 1. The molecule has 1 fully saturated rings. The molecule has 0 aliphatic heterocycles. The summed E-state index contributed by atoms with van der Waals surface area (Å²) in [6.45, 7) is 0. The Balaban J connectivity index is 1.81. The Kier molecular flexibility index (Phi) is 5.15. The van der Waals surface area contributed by atoms with Gasteiger partial charge in [0.2, 0.25) is 0 Å². The van der Waals surface area contributed by atoms with Crippen LogP contribution in [0.2, 0.25) is 5.02 Å². The highest BCUT2D eigenvalue weighted by molar-refractivity contribution is 7.10. The van der Waals surface area contributed by atoms with E-state index in [0.717, 1.165) is 12.8 Å². The Bertz CT molecular complexity index is 1000. The van der Waals surface area contributed by atoms with Crippen molar-refractivity contribution in [2.45, 2.75) is 18.9 Å². The van der Waals surface area contributed by atoms with E-state index in [1.54, 1.807) is 29.2 Å². The highest BCUT2D eigenvalue weighted by Gasteiger charge is 2.41. The molecule has 1 saturated carbocycles. The van der Waals surface area contributed by atoms with E-state index in [1.165, 1.54) is 16.7 Å². The molecule has 1 unspecified atom stereocenters. The lowest BCUT2D eigenvalue weighted by Crippen LogP contribution is -2.36. The average Bonchev–Trinajstić information content (AvgIpc) is 3.42. The number of carbonyl (C=O) groups excluding carboxylic acids is 1. The summed E-state index contributed by atoms with van der Waals surface area (Å²) < 4.78 is 0. The Hall–Kier alpha value is -2.70. The summed E-state index contributed by atoms with van der Waals surface area (Å²) in [6.07, 6.45) is 1.94. The van der Waals surface area contributed by atoms with E-state index in [9.17, 15) is 14.7 Å². The maximum absolute atomic E-state index is 13.5. The van der Waals surface area contributed by atoms with Gasteiger partial charge in [-0.1, -0.05) is 29.8 Å². The second kappa shape index (κ2) is 7.73. The second-order valence-corrected chi connectivity index (χ2v) is 8.00. The third-order valence-electron chi connectivity index (χ3n) is 4.69. The number of amides is 1. The number of halogens is 1. The van der Waals surface area contributed by atoms with Gasteiger partial charge >= 0.3 is 5.97 Å². The smallest absolute Gasteiger partial charge is 0.355 e. The van der Waals surface area contributed by atoms with E-state index >= 15 is 0 Å². The van der Waals surface area contributed by atoms with Crippen molar-refractivity contribution < 1.29 is 14.7 Å². The number of carboxylic acid groups (broad SMARTS) is 1. The highest BCUT2D eigenvalue weighted by atomic mass is 35.5. The number of aromatic nitrogens is 1. The number of benzene rings is 2. The first-order valence-electron chi connectivity index (χ1n) is 8.87. The summed E-state index contributed by atoms with van der Waals surface area (Å²) in [7, 11) is 0. The molecule has 0 bridgehead atoms. The SMILES string of the molecule is O=C(O)c1csc(C(C2CC2)N(C(=O)c2ccccc2)c2ccc(Cl)cc2)n1. The summed E-state index contributed by atoms with van der Waals surface area (Å²) in [5.41, 5.74) is 1.29. The molecule has 2 aromatic carbocycles. The lowest BCUT2D eigenvalue weighted by atomic mass is 10.1. The van der Waals surface area contributed by atoms with Gasteiger partial charge in [0.25, 0.3) is 5.91 Å². The number of anilines is 1. The van der Waals surface area contributed by atoms with Gasteiger partial charge in [0.05, 0.1) is 6.04 Å². The Morgan fingerprint density at radius 1 is 1.11 bits per heavy atom. The predicted molar refractivity (Wildman–Crippen MR) is 109 cm³/mol. The molecule has 5 nitrogen and oxygen atoms in total. The molecule has 4 rings (SSSR count). The van der Waals surface area contributed by atoms with Gasteiger partial charge in [-0.15, -0.1) is 11.3 Å². The minimum absolute atomic E-state index is 0.00821. The normalized spacial score (nSPS) is 14.5. The van der Waals surface area contributed by atoms with Crippen molar-refractivity contribution in [3.05, 3.63) is 81.3 Å². The Labute approximate surface area is 171 Å². The molecule has 3 aromatic rings. The van der Waals surface area contributed by atoms with E-state index in [4.69, 9.17) is 11.6 Å². The maximum atomic E-state index is 13.5. The van der Waals surface area contributed by atoms with Gasteiger partial charge in [0.1, 0.15) is 5.01 Å². The molecule has 1 heterocycles. The Morgan fingerprint density at radius 2 is 1.79 bits per heavy atom. The lowest BCUT2D eigenvalue weighted by molar-refractivity contribution is 0.0691. The van der Waals surface area contributed by atoms with Crippen molar-refractivity contribution in [3.63, 3.8) is 0 Å². The summed E-state index contributed by atoms with van der Waals surface area (Å²) in [6, 6.07) is 15.9. The van der Waals surface area contributed by atoms with Crippen LogP contribution in [0, 0.1) is 5.92 Å². The van der Waals surface area contributed by atoms with Crippen LogP contribution in [0.3, 0.4) is 0 Å². The number of hydrogen-bond acceptors (Lipinski definition) is 4. The molecule has 28 heavy (non-hydrogen) atoms. The van der Waals surface area contributed by atoms with Crippen LogP contribution in [-0.4, -0.2) is 22.0 Å². The molecule has 1 N–H and O–H groups in total. The minimum Gasteiger partial charge on any atom is -0.476 e. The van der Waals surface area contributed by atoms with Gasteiger partial charge < -0.3 is 5.11 Å². The fraction of sp³-hybridized carbons (Fsp3) is 0.190. The van der Waals surface area contributed by atoms with Crippen LogP contribution >= 0.6 is 22.9 Å². The van der Waals surface area contributed by atoms with Crippen LogP contribution in [-0.2, 0) is 0 Å². The molecule has 0 spiro atoms. The van der Waals surface area contributed by atoms with Crippen LogP contribution in [0.15, 0.2) is 60.0 Å². The maximum Gasteiger partial charge on any atom is 0.355 e. The van der Waals surface area contributed by atoms with Crippen molar-refractivity contribution in [2.75, 3.05) is 4.90 Å². The van der Waals surface area contributed by atoms with E-state index < -0.39 is 5.97 Å². The number of thiazole rings is 1. The molecular weight excluding hydrogens is 396 g/mol. The first kappa shape index (κ1) is 18.7. The molecule has 0 saturated heterocycles. The van der Waals surface area contributed by atoms with Crippen LogP contribution in [0.1, 0.15) is 44.7 Å². The summed E-state index contributed by atoms with van der Waals surface area (Å²) in [4.78, 5) is 30.8. The van der Waals surface area contributed by atoms with E-state index in [1.807, 2.05) is 30.3 Å². The molecule has 0 radical (unpaired) electrons. The van der Waals surface area contributed by atoms with Gasteiger partial charge in [0, 0.05) is 21.7 Å². The molecular formula is C21H17ClN2O3S. The summed E-state index contributed by atoms with van der Waals surface area (Å²) >= 11 is 7.32. The van der Waals surface area contributed by atoms with Gasteiger partial charge in [0.15, 0.2) is 5.69 Å². The van der Waals surface area contributed by atoms with Crippen LogP contribution < -0.4 is 4.90 Å².